The lowest BCUT2D eigenvalue weighted by Crippen LogP contribution is -2.45. The van der Waals surface area contributed by atoms with Gasteiger partial charge in [0, 0.05) is 18.2 Å². The number of aliphatic hydroxyl groups excluding tert-OH is 1. The number of hydrogen-bond acceptors (Lipinski definition) is 5. The van der Waals surface area contributed by atoms with Crippen molar-refractivity contribution >= 4 is 15.7 Å². The van der Waals surface area contributed by atoms with E-state index in [1.807, 2.05) is 0 Å². The number of nitrogens with zero attached hydrogens (tertiary/aromatic N) is 1. The number of benzene rings is 1. The first kappa shape index (κ1) is 15.9. The van der Waals surface area contributed by atoms with Crippen LogP contribution in [0.1, 0.15) is 31.2 Å². The van der Waals surface area contributed by atoms with Gasteiger partial charge in [0.2, 0.25) is 10.0 Å². The summed E-state index contributed by atoms with van der Waals surface area (Å²) >= 11 is 0. The van der Waals surface area contributed by atoms with Crippen molar-refractivity contribution in [1.29, 1.82) is 0 Å². The Morgan fingerprint density at radius 2 is 2.00 bits per heavy atom. The van der Waals surface area contributed by atoms with Crippen molar-refractivity contribution in [2.75, 3.05) is 0 Å². The number of aliphatic hydroxyl groups is 1. The zero-order chi connectivity index (χ0) is 15.6. The van der Waals surface area contributed by atoms with Gasteiger partial charge in [0.1, 0.15) is 0 Å². The summed E-state index contributed by atoms with van der Waals surface area (Å²) in [5, 5.41) is 20.5. The fraction of sp³-hybridized carbons (Fsp3) is 0.538. The second kappa shape index (κ2) is 6.08. The van der Waals surface area contributed by atoms with E-state index in [4.69, 9.17) is 0 Å². The van der Waals surface area contributed by atoms with Gasteiger partial charge in [-0.2, -0.15) is 0 Å². The summed E-state index contributed by atoms with van der Waals surface area (Å²) in [7, 11) is -3.80. The highest BCUT2D eigenvalue weighted by atomic mass is 32.2. The van der Waals surface area contributed by atoms with Gasteiger partial charge in [-0.1, -0.05) is 12.8 Å². The number of nitrogens with one attached hydrogen (secondary N) is 1. The molecule has 0 radical (unpaired) electrons. The highest BCUT2D eigenvalue weighted by Crippen LogP contribution is 2.24. The van der Waals surface area contributed by atoms with E-state index in [9.17, 15) is 23.6 Å². The monoisotopic (exact) mass is 314 g/mol. The summed E-state index contributed by atoms with van der Waals surface area (Å²) in [5.41, 5.74) is 0.158. The van der Waals surface area contributed by atoms with Crippen LogP contribution in [-0.2, 0) is 10.0 Å². The van der Waals surface area contributed by atoms with Gasteiger partial charge < -0.3 is 5.11 Å². The second-order valence-electron chi connectivity index (χ2n) is 5.29. The number of hydrogen-bond donors (Lipinski definition) is 2. The van der Waals surface area contributed by atoms with Crippen molar-refractivity contribution in [1.82, 2.24) is 4.72 Å². The molecule has 2 atom stereocenters. The minimum absolute atomic E-state index is 0.00544. The first-order chi connectivity index (χ1) is 9.81. The summed E-state index contributed by atoms with van der Waals surface area (Å²) in [6.45, 7) is 1.51. The second-order valence-corrected chi connectivity index (χ2v) is 6.97. The van der Waals surface area contributed by atoms with Crippen LogP contribution in [-0.4, -0.2) is 30.6 Å². The van der Waals surface area contributed by atoms with Crippen molar-refractivity contribution in [3.05, 3.63) is 33.9 Å². The summed E-state index contributed by atoms with van der Waals surface area (Å²) in [6.07, 6.45) is 2.23. The topological polar surface area (TPSA) is 110 Å². The number of aryl methyl sites for hydroxylation is 1. The third-order valence-corrected chi connectivity index (χ3v) is 5.34. The molecule has 2 rings (SSSR count). The number of nitro groups is 1. The number of rotatable bonds is 4. The molecule has 0 unspecified atom stereocenters. The minimum atomic E-state index is -3.80. The molecule has 1 saturated carbocycles. The molecule has 0 spiro atoms. The van der Waals surface area contributed by atoms with Crippen LogP contribution in [0.25, 0.3) is 0 Å². The first-order valence-electron chi connectivity index (χ1n) is 6.77. The van der Waals surface area contributed by atoms with Crippen LogP contribution >= 0.6 is 0 Å². The van der Waals surface area contributed by atoms with Crippen LogP contribution in [0.4, 0.5) is 5.69 Å². The maximum Gasteiger partial charge on any atom is 0.269 e. The zero-order valence-electron chi connectivity index (χ0n) is 11.7. The van der Waals surface area contributed by atoms with Crippen LogP contribution in [0.15, 0.2) is 23.1 Å². The zero-order valence-corrected chi connectivity index (χ0v) is 12.5. The molecule has 1 aliphatic rings. The Morgan fingerprint density at radius 1 is 1.33 bits per heavy atom. The molecule has 8 heteroatoms. The van der Waals surface area contributed by atoms with Crippen LogP contribution < -0.4 is 4.72 Å². The number of nitro benzene ring substituents is 1. The molecule has 1 aliphatic carbocycles. The van der Waals surface area contributed by atoms with E-state index in [2.05, 4.69) is 4.72 Å². The van der Waals surface area contributed by atoms with Gasteiger partial charge >= 0.3 is 0 Å². The normalized spacial score (nSPS) is 23.0. The van der Waals surface area contributed by atoms with Gasteiger partial charge in [-0.05, 0) is 31.4 Å². The van der Waals surface area contributed by atoms with Crippen molar-refractivity contribution in [2.45, 2.75) is 49.6 Å². The van der Waals surface area contributed by atoms with Crippen LogP contribution in [0.3, 0.4) is 0 Å². The lowest BCUT2D eigenvalue weighted by atomic mass is 9.93. The molecule has 0 aliphatic heterocycles. The highest BCUT2D eigenvalue weighted by Gasteiger charge is 2.29. The number of sulfonamides is 1. The molecule has 2 N–H and O–H groups in total. The van der Waals surface area contributed by atoms with Crippen molar-refractivity contribution in [2.24, 2.45) is 0 Å². The van der Waals surface area contributed by atoms with E-state index in [0.29, 0.717) is 18.4 Å². The average Bonchev–Trinajstić information content (AvgIpc) is 2.40. The molecular formula is C13H18N2O5S. The third kappa shape index (κ3) is 3.58. The molecule has 0 saturated heterocycles. The van der Waals surface area contributed by atoms with Gasteiger partial charge in [0.05, 0.1) is 15.9 Å². The maximum absolute atomic E-state index is 12.4. The lowest BCUT2D eigenvalue weighted by Gasteiger charge is -2.28. The van der Waals surface area contributed by atoms with Gasteiger partial charge in [-0.25, -0.2) is 13.1 Å². The SMILES string of the molecule is Cc1cc([N+](=O)[O-])ccc1S(=O)(=O)N[C@@H]1CCCC[C@H]1O. The van der Waals surface area contributed by atoms with Crippen LogP contribution in [0.2, 0.25) is 0 Å². The van der Waals surface area contributed by atoms with E-state index in [-0.39, 0.29) is 10.6 Å². The third-order valence-electron chi connectivity index (χ3n) is 3.69. The van der Waals surface area contributed by atoms with E-state index in [0.717, 1.165) is 12.8 Å². The molecule has 1 aromatic rings. The molecule has 1 fully saturated rings. The fourth-order valence-corrected chi connectivity index (χ4v) is 4.09. The molecule has 21 heavy (non-hydrogen) atoms. The van der Waals surface area contributed by atoms with Crippen LogP contribution in [0.5, 0.6) is 0 Å². The van der Waals surface area contributed by atoms with E-state index in [1.165, 1.54) is 25.1 Å². The van der Waals surface area contributed by atoms with Gasteiger partial charge in [0.25, 0.3) is 5.69 Å². The highest BCUT2D eigenvalue weighted by molar-refractivity contribution is 7.89. The molecule has 0 bridgehead atoms. The molecular weight excluding hydrogens is 296 g/mol. The Bertz CT molecular complexity index is 644. The van der Waals surface area contributed by atoms with E-state index in [1.54, 1.807) is 0 Å². The van der Waals surface area contributed by atoms with Crippen molar-refractivity contribution in [3.63, 3.8) is 0 Å². The first-order valence-corrected chi connectivity index (χ1v) is 8.25. The predicted molar refractivity (Wildman–Crippen MR) is 76.4 cm³/mol. The Hall–Kier alpha value is -1.51. The minimum Gasteiger partial charge on any atom is -0.391 e. The summed E-state index contributed by atoms with van der Waals surface area (Å²) in [5.74, 6) is 0. The maximum atomic E-state index is 12.4. The van der Waals surface area contributed by atoms with Crippen LogP contribution in [0, 0.1) is 17.0 Å². The number of non-ortho nitro benzene ring substituents is 1. The lowest BCUT2D eigenvalue weighted by molar-refractivity contribution is -0.385. The molecule has 116 valence electrons. The molecule has 1 aromatic carbocycles. The Morgan fingerprint density at radius 3 is 2.57 bits per heavy atom. The molecule has 0 amide bonds. The van der Waals surface area contributed by atoms with Gasteiger partial charge in [-0.3, -0.25) is 10.1 Å². The van der Waals surface area contributed by atoms with Gasteiger partial charge in [-0.15, -0.1) is 0 Å². The quantitative estimate of drug-likeness (QED) is 0.646. The van der Waals surface area contributed by atoms with E-state index < -0.39 is 27.1 Å². The van der Waals surface area contributed by atoms with Gasteiger partial charge in [0.15, 0.2) is 0 Å². The van der Waals surface area contributed by atoms with E-state index >= 15 is 0 Å². The Balaban J connectivity index is 2.25. The largest absolute Gasteiger partial charge is 0.391 e. The van der Waals surface area contributed by atoms with Crippen molar-refractivity contribution < 1.29 is 18.4 Å². The van der Waals surface area contributed by atoms with Crippen molar-refractivity contribution in [3.8, 4) is 0 Å². The standard InChI is InChI=1S/C13H18N2O5S/c1-9-8-10(15(17)18)6-7-13(9)21(19,20)14-11-4-2-3-5-12(11)16/h6-8,11-12,14,16H,2-5H2,1H3/t11-,12-/m1/s1. The molecule has 0 aromatic heterocycles. The molecule has 0 heterocycles. The Labute approximate surface area is 123 Å². The summed E-state index contributed by atoms with van der Waals surface area (Å²) < 4.78 is 27.2. The smallest absolute Gasteiger partial charge is 0.269 e. The fourth-order valence-electron chi connectivity index (χ4n) is 2.56. The predicted octanol–water partition coefficient (Wildman–Crippen LogP) is 1.49. The average molecular weight is 314 g/mol. The molecule has 7 nitrogen and oxygen atoms in total. The summed E-state index contributed by atoms with van der Waals surface area (Å²) in [6, 6.07) is 3.12. The summed E-state index contributed by atoms with van der Waals surface area (Å²) in [4.78, 5) is 10.1. The Kier molecular flexibility index (Phi) is 4.60.